The third kappa shape index (κ3) is 3.46. The highest BCUT2D eigenvalue weighted by atomic mass is 35.5. The molecule has 0 aliphatic rings. The molecule has 1 aromatic carbocycles. The van der Waals surface area contributed by atoms with Crippen molar-refractivity contribution in [3.63, 3.8) is 0 Å². The number of benzene rings is 1. The SMILES string of the molecule is CCc1nnc(Oc2cc(Cl)ccc2Cl)c(CN)c1CC. The Labute approximate surface area is 134 Å². The van der Waals surface area contributed by atoms with E-state index in [-0.39, 0.29) is 0 Å². The molecule has 112 valence electrons. The van der Waals surface area contributed by atoms with Crippen LogP contribution in [0.4, 0.5) is 0 Å². The number of rotatable bonds is 5. The van der Waals surface area contributed by atoms with Crippen LogP contribution in [-0.2, 0) is 19.4 Å². The van der Waals surface area contributed by atoms with Crippen LogP contribution in [0.3, 0.4) is 0 Å². The van der Waals surface area contributed by atoms with E-state index in [1.807, 2.05) is 6.92 Å². The second-order valence-corrected chi connectivity index (χ2v) is 5.34. The zero-order valence-electron chi connectivity index (χ0n) is 12.0. The fraction of sp³-hybridized carbons (Fsp3) is 0.333. The van der Waals surface area contributed by atoms with Crippen molar-refractivity contribution in [2.75, 3.05) is 0 Å². The van der Waals surface area contributed by atoms with Gasteiger partial charge in [0.25, 0.3) is 0 Å². The number of aromatic nitrogens is 2. The fourth-order valence-corrected chi connectivity index (χ4v) is 2.50. The van der Waals surface area contributed by atoms with E-state index in [0.717, 1.165) is 29.7 Å². The number of hydrogen-bond acceptors (Lipinski definition) is 4. The van der Waals surface area contributed by atoms with Crippen molar-refractivity contribution in [2.24, 2.45) is 5.73 Å². The molecule has 0 radical (unpaired) electrons. The van der Waals surface area contributed by atoms with Crippen LogP contribution in [0.2, 0.25) is 10.0 Å². The van der Waals surface area contributed by atoms with E-state index >= 15 is 0 Å². The highest BCUT2D eigenvalue weighted by Gasteiger charge is 2.16. The Balaban J connectivity index is 2.47. The molecule has 0 amide bonds. The smallest absolute Gasteiger partial charge is 0.243 e. The maximum atomic E-state index is 6.11. The van der Waals surface area contributed by atoms with Crippen molar-refractivity contribution < 1.29 is 4.74 Å². The van der Waals surface area contributed by atoms with Crippen molar-refractivity contribution in [2.45, 2.75) is 33.2 Å². The second-order valence-electron chi connectivity index (χ2n) is 4.50. The summed E-state index contributed by atoms with van der Waals surface area (Å²) >= 11 is 12.1. The molecule has 0 fully saturated rings. The number of aryl methyl sites for hydroxylation is 1. The molecule has 2 aromatic rings. The molecule has 1 heterocycles. The lowest BCUT2D eigenvalue weighted by atomic mass is 10.0. The van der Waals surface area contributed by atoms with Crippen LogP contribution < -0.4 is 10.5 Å². The van der Waals surface area contributed by atoms with Gasteiger partial charge in [-0.25, -0.2) is 0 Å². The van der Waals surface area contributed by atoms with Crippen LogP contribution in [0.15, 0.2) is 18.2 Å². The summed E-state index contributed by atoms with van der Waals surface area (Å²) in [5.41, 5.74) is 8.76. The summed E-state index contributed by atoms with van der Waals surface area (Å²) in [6.45, 7) is 4.43. The maximum absolute atomic E-state index is 6.11. The van der Waals surface area contributed by atoms with Gasteiger partial charge in [0.05, 0.1) is 10.7 Å². The average Bonchev–Trinajstić information content (AvgIpc) is 2.50. The van der Waals surface area contributed by atoms with Crippen LogP contribution in [-0.4, -0.2) is 10.2 Å². The normalized spacial score (nSPS) is 10.7. The Morgan fingerprint density at radius 2 is 1.86 bits per heavy atom. The molecule has 0 bridgehead atoms. The van der Waals surface area contributed by atoms with Crippen molar-refractivity contribution in [3.05, 3.63) is 45.1 Å². The highest BCUT2D eigenvalue weighted by Crippen LogP contribution is 2.33. The quantitative estimate of drug-likeness (QED) is 0.896. The van der Waals surface area contributed by atoms with E-state index in [1.54, 1.807) is 18.2 Å². The van der Waals surface area contributed by atoms with Crippen molar-refractivity contribution in [3.8, 4) is 11.6 Å². The summed E-state index contributed by atoms with van der Waals surface area (Å²) in [6, 6.07) is 5.02. The first-order valence-corrected chi connectivity index (χ1v) is 7.56. The average molecular weight is 326 g/mol. The Hall–Kier alpha value is -1.36. The number of nitrogens with zero attached hydrogens (tertiary/aromatic N) is 2. The predicted molar refractivity (Wildman–Crippen MR) is 85.2 cm³/mol. The third-order valence-electron chi connectivity index (χ3n) is 3.22. The number of halogens is 2. The van der Waals surface area contributed by atoms with E-state index in [9.17, 15) is 0 Å². The van der Waals surface area contributed by atoms with Gasteiger partial charge in [0.1, 0.15) is 5.75 Å². The second kappa shape index (κ2) is 7.07. The number of hydrogen-bond donors (Lipinski definition) is 1. The summed E-state index contributed by atoms with van der Waals surface area (Å²) in [4.78, 5) is 0. The van der Waals surface area contributed by atoms with Gasteiger partial charge in [0, 0.05) is 23.2 Å². The van der Waals surface area contributed by atoms with Gasteiger partial charge in [-0.2, -0.15) is 5.10 Å². The molecule has 0 saturated heterocycles. The first-order valence-electron chi connectivity index (χ1n) is 6.80. The lowest BCUT2D eigenvalue weighted by Gasteiger charge is -2.15. The van der Waals surface area contributed by atoms with E-state index < -0.39 is 0 Å². The molecule has 6 heteroatoms. The zero-order chi connectivity index (χ0) is 15.4. The number of ether oxygens (including phenoxy) is 1. The molecule has 2 rings (SSSR count). The molecular weight excluding hydrogens is 309 g/mol. The fourth-order valence-electron chi connectivity index (χ4n) is 2.18. The molecule has 0 aliphatic heterocycles. The summed E-state index contributed by atoms with van der Waals surface area (Å²) < 4.78 is 5.78. The minimum atomic E-state index is 0.333. The molecule has 4 nitrogen and oxygen atoms in total. The van der Waals surface area contributed by atoms with Gasteiger partial charge in [-0.05, 0) is 30.5 Å². The molecule has 0 unspecified atom stereocenters. The van der Waals surface area contributed by atoms with E-state index in [4.69, 9.17) is 33.7 Å². The van der Waals surface area contributed by atoms with Gasteiger partial charge in [-0.15, -0.1) is 5.10 Å². The van der Waals surface area contributed by atoms with Crippen LogP contribution in [0, 0.1) is 0 Å². The van der Waals surface area contributed by atoms with Crippen LogP contribution in [0.25, 0.3) is 0 Å². The van der Waals surface area contributed by atoms with Gasteiger partial charge < -0.3 is 10.5 Å². The molecule has 0 aliphatic carbocycles. The Morgan fingerprint density at radius 1 is 1.10 bits per heavy atom. The Kier molecular flexibility index (Phi) is 5.39. The summed E-state index contributed by atoms with van der Waals surface area (Å²) in [6.07, 6.45) is 1.63. The molecule has 2 N–H and O–H groups in total. The lowest BCUT2D eigenvalue weighted by molar-refractivity contribution is 0.445. The van der Waals surface area contributed by atoms with E-state index in [1.165, 1.54) is 0 Å². The van der Waals surface area contributed by atoms with Crippen LogP contribution >= 0.6 is 23.2 Å². The predicted octanol–water partition coefficient (Wildman–Crippen LogP) is 4.16. The molecule has 21 heavy (non-hydrogen) atoms. The highest BCUT2D eigenvalue weighted by molar-refractivity contribution is 6.34. The van der Waals surface area contributed by atoms with Crippen molar-refractivity contribution >= 4 is 23.2 Å². The van der Waals surface area contributed by atoms with Gasteiger partial charge in [-0.1, -0.05) is 37.0 Å². The number of nitrogens with two attached hydrogens (primary N) is 1. The zero-order valence-corrected chi connectivity index (χ0v) is 13.5. The third-order valence-corrected chi connectivity index (χ3v) is 3.77. The van der Waals surface area contributed by atoms with Gasteiger partial charge in [-0.3, -0.25) is 0 Å². The monoisotopic (exact) mass is 325 g/mol. The van der Waals surface area contributed by atoms with Gasteiger partial charge >= 0.3 is 0 Å². The Bertz CT molecular complexity index is 647. The van der Waals surface area contributed by atoms with Crippen LogP contribution in [0.5, 0.6) is 11.6 Å². The molecular formula is C15H17Cl2N3O. The minimum Gasteiger partial charge on any atom is -0.436 e. The molecule has 0 atom stereocenters. The molecule has 1 aromatic heterocycles. The Morgan fingerprint density at radius 3 is 2.48 bits per heavy atom. The van der Waals surface area contributed by atoms with Crippen LogP contribution in [0.1, 0.15) is 30.7 Å². The summed E-state index contributed by atoms with van der Waals surface area (Å²) in [5, 5.41) is 9.36. The van der Waals surface area contributed by atoms with Gasteiger partial charge in [0.2, 0.25) is 5.88 Å². The van der Waals surface area contributed by atoms with E-state index in [0.29, 0.717) is 28.2 Å². The first-order chi connectivity index (χ1) is 10.1. The van der Waals surface area contributed by atoms with Crippen molar-refractivity contribution in [1.29, 1.82) is 0 Å². The summed E-state index contributed by atoms with van der Waals surface area (Å²) in [5.74, 6) is 0.829. The lowest BCUT2D eigenvalue weighted by Crippen LogP contribution is -2.10. The largest absolute Gasteiger partial charge is 0.436 e. The molecule has 0 saturated carbocycles. The maximum Gasteiger partial charge on any atom is 0.243 e. The topological polar surface area (TPSA) is 61.0 Å². The molecule has 0 spiro atoms. The minimum absolute atomic E-state index is 0.333. The standard InChI is InChI=1S/C15H17Cl2N3O/c1-3-10-11(8-18)15(20-19-13(10)4-2)21-14-7-9(16)5-6-12(14)17/h5-7H,3-4,8,18H2,1-2H3. The summed E-state index contributed by atoms with van der Waals surface area (Å²) in [7, 11) is 0. The first kappa shape index (κ1) is 16.0. The van der Waals surface area contributed by atoms with Gasteiger partial charge in [0.15, 0.2) is 0 Å². The van der Waals surface area contributed by atoms with Crippen molar-refractivity contribution in [1.82, 2.24) is 10.2 Å². The van der Waals surface area contributed by atoms with E-state index in [2.05, 4.69) is 17.1 Å².